The summed E-state index contributed by atoms with van der Waals surface area (Å²) in [6, 6.07) is 13.8. The van der Waals surface area contributed by atoms with Gasteiger partial charge in [-0.1, -0.05) is 30.3 Å². The summed E-state index contributed by atoms with van der Waals surface area (Å²) in [5.41, 5.74) is 4.71. The standard InChI is InChI=1S/C24H27N3O2/c1-16-11-12-17(2)22(14-16)29-18(3)24(28)26-20-9-5-4-8-19(20)21-15-27-13-7-6-10-23(27)25-21/h4-5,8-9,11-12,14-15,18H,6-7,10,13H2,1-3H3,(H,26,28). The van der Waals surface area contributed by atoms with Gasteiger partial charge in [0.1, 0.15) is 11.6 Å². The maximum atomic E-state index is 12.8. The summed E-state index contributed by atoms with van der Waals surface area (Å²) in [6.45, 7) is 6.78. The van der Waals surface area contributed by atoms with Crippen LogP contribution in [-0.4, -0.2) is 21.6 Å². The molecule has 2 heterocycles. The quantitative estimate of drug-likeness (QED) is 0.675. The van der Waals surface area contributed by atoms with E-state index in [0.717, 1.165) is 52.6 Å². The molecular weight excluding hydrogens is 362 g/mol. The molecular formula is C24H27N3O2. The highest BCUT2D eigenvalue weighted by molar-refractivity contribution is 5.97. The third kappa shape index (κ3) is 4.19. The number of fused-ring (bicyclic) bond motifs is 1. The molecule has 0 bridgehead atoms. The van der Waals surface area contributed by atoms with Crippen molar-refractivity contribution in [3.63, 3.8) is 0 Å². The number of aryl methyl sites for hydroxylation is 4. The van der Waals surface area contributed by atoms with Crippen LogP contribution >= 0.6 is 0 Å². The van der Waals surface area contributed by atoms with E-state index in [2.05, 4.69) is 16.1 Å². The Balaban J connectivity index is 1.53. The molecule has 1 N–H and O–H groups in total. The maximum Gasteiger partial charge on any atom is 0.265 e. The lowest BCUT2D eigenvalue weighted by molar-refractivity contribution is -0.122. The van der Waals surface area contributed by atoms with E-state index in [4.69, 9.17) is 9.72 Å². The van der Waals surface area contributed by atoms with Crippen LogP contribution in [0, 0.1) is 13.8 Å². The summed E-state index contributed by atoms with van der Waals surface area (Å²) < 4.78 is 8.17. The van der Waals surface area contributed by atoms with Crippen molar-refractivity contribution in [3.05, 3.63) is 65.6 Å². The average Bonchev–Trinajstić information content (AvgIpc) is 3.15. The van der Waals surface area contributed by atoms with Crippen LogP contribution < -0.4 is 10.1 Å². The molecule has 0 spiro atoms. The largest absolute Gasteiger partial charge is 0.481 e. The molecule has 5 heteroatoms. The number of carbonyl (C=O) groups is 1. The molecule has 3 aromatic rings. The molecule has 1 atom stereocenters. The van der Waals surface area contributed by atoms with Crippen molar-refractivity contribution >= 4 is 11.6 Å². The molecule has 0 saturated heterocycles. The topological polar surface area (TPSA) is 56.1 Å². The summed E-state index contributed by atoms with van der Waals surface area (Å²) in [5, 5.41) is 3.03. The van der Waals surface area contributed by atoms with Gasteiger partial charge in [0.05, 0.1) is 11.4 Å². The molecule has 1 aliphatic rings. The number of hydrogen-bond acceptors (Lipinski definition) is 3. The molecule has 1 aliphatic heterocycles. The number of para-hydroxylation sites is 1. The lowest BCUT2D eigenvalue weighted by Crippen LogP contribution is -2.30. The molecule has 0 aliphatic carbocycles. The third-order valence-corrected chi connectivity index (χ3v) is 5.39. The van der Waals surface area contributed by atoms with Crippen molar-refractivity contribution < 1.29 is 9.53 Å². The van der Waals surface area contributed by atoms with E-state index < -0.39 is 6.10 Å². The van der Waals surface area contributed by atoms with E-state index in [1.165, 1.54) is 12.8 Å². The van der Waals surface area contributed by atoms with Gasteiger partial charge in [-0.05, 0) is 56.9 Å². The number of hydrogen-bond donors (Lipinski definition) is 1. The number of carbonyl (C=O) groups excluding carboxylic acids is 1. The fourth-order valence-electron chi connectivity index (χ4n) is 3.67. The number of aromatic nitrogens is 2. The zero-order valence-electron chi connectivity index (χ0n) is 17.2. The minimum atomic E-state index is -0.612. The van der Waals surface area contributed by atoms with E-state index in [1.54, 1.807) is 6.92 Å². The summed E-state index contributed by atoms with van der Waals surface area (Å²) in [7, 11) is 0. The van der Waals surface area contributed by atoms with Gasteiger partial charge in [-0.3, -0.25) is 4.79 Å². The van der Waals surface area contributed by atoms with Gasteiger partial charge in [0, 0.05) is 24.7 Å². The summed E-state index contributed by atoms with van der Waals surface area (Å²) in [5.74, 6) is 1.68. The minimum absolute atomic E-state index is 0.178. The molecule has 0 saturated carbocycles. The molecule has 150 valence electrons. The Morgan fingerprint density at radius 2 is 2.00 bits per heavy atom. The monoisotopic (exact) mass is 389 g/mol. The molecule has 2 aromatic carbocycles. The second-order valence-electron chi connectivity index (χ2n) is 7.76. The number of rotatable bonds is 5. The fraction of sp³-hybridized carbons (Fsp3) is 0.333. The number of benzene rings is 2. The first kappa shape index (κ1) is 19.2. The van der Waals surface area contributed by atoms with Crippen LogP contribution in [0.3, 0.4) is 0 Å². The normalized spacial score (nSPS) is 14.2. The molecule has 1 amide bonds. The molecule has 1 aromatic heterocycles. The summed E-state index contributed by atoms with van der Waals surface area (Å²) in [4.78, 5) is 17.6. The molecule has 0 radical (unpaired) electrons. The highest BCUT2D eigenvalue weighted by Crippen LogP contribution is 2.29. The first-order chi connectivity index (χ1) is 14.0. The van der Waals surface area contributed by atoms with E-state index >= 15 is 0 Å². The highest BCUT2D eigenvalue weighted by Gasteiger charge is 2.19. The molecule has 0 fully saturated rings. The van der Waals surface area contributed by atoms with E-state index in [1.807, 2.05) is 56.3 Å². The van der Waals surface area contributed by atoms with Crippen molar-refractivity contribution in [1.82, 2.24) is 9.55 Å². The van der Waals surface area contributed by atoms with Crippen LogP contribution in [-0.2, 0) is 17.8 Å². The van der Waals surface area contributed by atoms with Crippen LogP contribution in [0.15, 0.2) is 48.7 Å². The fourth-order valence-corrected chi connectivity index (χ4v) is 3.67. The molecule has 29 heavy (non-hydrogen) atoms. The van der Waals surface area contributed by atoms with E-state index in [9.17, 15) is 4.79 Å². The molecule has 1 unspecified atom stereocenters. The van der Waals surface area contributed by atoms with Crippen molar-refractivity contribution in [1.29, 1.82) is 0 Å². The Bertz CT molecular complexity index is 1010. The van der Waals surface area contributed by atoms with Gasteiger partial charge < -0.3 is 14.6 Å². The van der Waals surface area contributed by atoms with Gasteiger partial charge in [-0.2, -0.15) is 0 Å². The summed E-state index contributed by atoms with van der Waals surface area (Å²) >= 11 is 0. The molecule has 4 rings (SSSR count). The third-order valence-electron chi connectivity index (χ3n) is 5.39. The van der Waals surface area contributed by atoms with Crippen LogP contribution in [0.25, 0.3) is 11.3 Å². The zero-order chi connectivity index (χ0) is 20.4. The second-order valence-corrected chi connectivity index (χ2v) is 7.76. The van der Waals surface area contributed by atoms with E-state index in [0.29, 0.717) is 0 Å². The van der Waals surface area contributed by atoms with Crippen LogP contribution in [0.1, 0.15) is 36.7 Å². The van der Waals surface area contributed by atoms with Gasteiger partial charge in [0.25, 0.3) is 5.91 Å². The van der Waals surface area contributed by atoms with Gasteiger partial charge in [-0.15, -0.1) is 0 Å². The first-order valence-electron chi connectivity index (χ1n) is 10.2. The maximum absolute atomic E-state index is 12.8. The Hall–Kier alpha value is -3.08. The smallest absolute Gasteiger partial charge is 0.265 e. The molecule has 5 nitrogen and oxygen atoms in total. The van der Waals surface area contributed by atoms with Crippen LogP contribution in [0.5, 0.6) is 5.75 Å². The highest BCUT2D eigenvalue weighted by atomic mass is 16.5. The first-order valence-corrected chi connectivity index (χ1v) is 10.2. The lowest BCUT2D eigenvalue weighted by atomic mass is 10.1. The Morgan fingerprint density at radius 1 is 1.17 bits per heavy atom. The number of nitrogens with one attached hydrogen (secondary N) is 1. The van der Waals surface area contributed by atoms with E-state index in [-0.39, 0.29) is 5.91 Å². The zero-order valence-corrected chi connectivity index (χ0v) is 17.2. The number of amides is 1. The van der Waals surface area contributed by atoms with Gasteiger partial charge in [-0.25, -0.2) is 4.98 Å². The number of anilines is 1. The predicted molar refractivity (Wildman–Crippen MR) is 115 cm³/mol. The summed E-state index contributed by atoms with van der Waals surface area (Å²) in [6.07, 6.45) is 4.86. The van der Waals surface area contributed by atoms with Gasteiger partial charge in [0.2, 0.25) is 0 Å². The Kier molecular flexibility index (Phi) is 5.38. The second kappa shape index (κ2) is 8.11. The number of nitrogens with zero attached hydrogens (tertiary/aromatic N) is 2. The minimum Gasteiger partial charge on any atom is -0.481 e. The Labute approximate surface area is 171 Å². The van der Waals surface area contributed by atoms with Crippen LogP contribution in [0.4, 0.5) is 5.69 Å². The van der Waals surface area contributed by atoms with Crippen molar-refractivity contribution in [2.75, 3.05) is 5.32 Å². The SMILES string of the molecule is Cc1ccc(C)c(OC(C)C(=O)Nc2ccccc2-c2cn3c(n2)CCCC3)c1. The van der Waals surface area contributed by atoms with Crippen molar-refractivity contribution in [3.8, 4) is 17.0 Å². The van der Waals surface area contributed by atoms with Crippen molar-refractivity contribution in [2.45, 2.75) is 52.7 Å². The number of imidazole rings is 1. The average molecular weight is 389 g/mol. The Morgan fingerprint density at radius 3 is 2.83 bits per heavy atom. The van der Waals surface area contributed by atoms with Gasteiger partial charge in [0.15, 0.2) is 6.10 Å². The predicted octanol–water partition coefficient (Wildman–Crippen LogP) is 4.91. The lowest BCUT2D eigenvalue weighted by Gasteiger charge is -2.17. The number of ether oxygens (including phenoxy) is 1. The van der Waals surface area contributed by atoms with Gasteiger partial charge >= 0.3 is 0 Å². The van der Waals surface area contributed by atoms with Crippen LogP contribution in [0.2, 0.25) is 0 Å². The van der Waals surface area contributed by atoms with Crippen molar-refractivity contribution in [2.24, 2.45) is 0 Å².